The average Bonchev–Trinajstić information content (AvgIpc) is 2.03. The van der Waals surface area contributed by atoms with Crippen molar-refractivity contribution in [1.82, 2.24) is 4.90 Å². The van der Waals surface area contributed by atoms with Crippen LogP contribution < -0.4 is 0 Å². The van der Waals surface area contributed by atoms with Gasteiger partial charge in [-0.1, -0.05) is 20.3 Å². The van der Waals surface area contributed by atoms with Crippen LogP contribution in [0.1, 0.15) is 13.8 Å². The Kier molecular flexibility index (Phi) is 2.87. The highest BCUT2D eigenvalue weighted by Gasteiger charge is 2.31. The standard InChI is InChI=1S/C9H15NO2S/c1-4-10-5-6-13(11,12)7-9(10)8(2)3/h1,8-9H,5-7H2,2-3H3. The van der Waals surface area contributed by atoms with Crippen LogP contribution in [0.25, 0.3) is 0 Å². The molecule has 0 aromatic heterocycles. The maximum Gasteiger partial charge on any atom is 0.154 e. The van der Waals surface area contributed by atoms with Gasteiger partial charge in [0, 0.05) is 12.6 Å². The molecule has 1 saturated heterocycles. The molecular formula is C9H15NO2S. The van der Waals surface area contributed by atoms with Crippen LogP contribution in [0.15, 0.2) is 0 Å². The van der Waals surface area contributed by atoms with E-state index in [1.165, 1.54) is 0 Å². The van der Waals surface area contributed by atoms with Crippen LogP contribution in [-0.2, 0) is 9.84 Å². The minimum atomic E-state index is -2.86. The zero-order valence-electron chi connectivity index (χ0n) is 8.03. The summed E-state index contributed by atoms with van der Waals surface area (Å²) in [7, 11) is -2.86. The highest BCUT2D eigenvalue weighted by molar-refractivity contribution is 7.91. The van der Waals surface area contributed by atoms with Crippen LogP contribution in [0, 0.1) is 18.4 Å². The number of sulfone groups is 1. The van der Waals surface area contributed by atoms with Crippen molar-refractivity contribution < 1.29 is 8.42 Å². The van der Waals surface area contributed by atoms with Crippen molar-refractivity contribution in [3.63, 3.8) is 0 Å². The zero-order chi connectivity index (χ0) is 10.1. The molecule has 0 aromatic rings. The molecule has 1 atom stereocenters. The lowest BCUT2D eigenvalue weighted by atomic mass is 10.1. The first-order chi connectivity index (χ1) is 5.96. The summed E-state index contributed by atoms with van der Waals surface area (Å²) in [4.78, 5) is 1.80. The van der Waals surface area contributed by atoms with Crippen molar-refractivity contribution >= 4 is 9.84 Å². The number of hydrogen-bond donors (Lipinski definition) is 0. The van der Waals surface area contributed by atoms with Crippen LogP contribution in [0.3, 0.4) is 0 Å². The highest BCUT2D eigenvalue weighted by Crippen LogP contribution is 2.17. The monoisotopic (exact) mass is 201 g/mol. The van der Waals surface area contributed by atoms with Crippen LogP contribution in [0.4, 0.5) is 0 Å². The summed E-state index contributed by atoms with van der Waals surface area (Å²) < 4.78 is 22.7. The van der Waals surface area contributed by atoms with E-state index in [0.717, 1.165) is 0 Å². The third-order valence-electron chi connectivity index (χ3n) is 2.40. The lowest BCUT2D eigenvalue weighted by molar-refractivity contribution is 0.255. The first kappa shape index (κ1) is 10.4. The summed E-state index contributed by atoms with van der Waals surface area (Å²) in [5.41, 5.74) is 0. The molecule has 1 rings (SSSR count). The fourth-order valence-corrected chi connectivity index (χ4v) is 3.28. The molecule has 0 N–H and O–H groups in total. The second kappa shape index (κ2) is 3.59. The van der Waals surface area contributed by atoms with Crippen molar-refractivity contribution in [2.45, 2.75) is 19.9 Å². The second-order valence-electron chi connectivity index (χ2n) is 3.75. The van der Waals surface area contributed by atoms with E-state index in [4.69, 9.17) is 6.42 Å². The summed E-state index contributed by atoms with van der Waals surface area (Å²) in [5, 5.41) is 0. The minimum absolute atomic E-state index is 0.0104. The third-order valence-corrected chi connectivity index (χ3v) is 4.06. The Bertz CT molecular complexity index is 313. The Morgan fingerprint density at radius 3 is 2.62 bits per heavy atom. The molecule has 1 aliphatic heterocycles. The Morgan fingerprint density at radius 2 is 2.15 bits per heavy atom. The number of hydrogen-bond acceptors (Lipinski definition) is 3. The van der Waals surface area contributed by atoms with E-state index in [-0.39, 0.29) is 23.5 Å². The maximum atomic E-state index is 11.3. The van der Waals surface area contributed by atoms with Crippen molar-refractivity contribution in [3.05, 3.63) is 0 Å². The van der Waals surface area contributed by atoms with Gasteiger partial charge in [0.25, 0.3) is 0 Å². The van der Waals surface area contributed by atoms with E-state index in [1.807, 2.05) is 13.8 Å². The topological polar surface area (TPSA) is 37.4 Å². The van der Waals surface area contributed by atoms with Crippen LogP contribution in [-0.4, -0.2) is 37.4 Å². The van der Waals surface area contributed by atoms with E-state index < -0.39 is 9.84 Å². The molecule has 0 aliphatic carbocycles. The van der Waals surface area contributed by atoms with Crippen molar-refractivity contribution in [3.8, 4) is 12.5 Å². The molecule has 0 bridgehead atoms. The summed E-state index contributed by atoms with van der Waals surface area (Å²) in [6.45, 7) is 4.47. The molecule has 1 unspecified atom stereocenters. The minimum Gasteiger partial charge on any atom is -0.327 e. The number of rotatable bonds is 1. The molecular weight excluding hydrogens is 186 g/mol. The summed E-state index contributed by atoms with van der Waals surface area (Å²) in [6.07, 6.45) is 5.30. The average molecular weight is 201 g/mol. The predicted octanol–water partition coefficient (Wildman–Crippen LogP) is 0.332. The van der Waals surface area contributed by atoms with Gasteiger partial charge in [-0.2, -0.15) is 0 Å². The normalized spacial score (nSPS) is 27.2. The molecule has 0 aromatic carbocycles. The fourth-order valence-electron chi connectivity index (χ4n) is 1.55. The summed E-state index contributed by atoms with van der Waals surface area (Å²) in [6, 6.07) is 2.53. The molecule has 1 heterocycles. The van der Waals surface area contributed by atoms with Gasteiger partial charge in [0.1, 0.15) is 0 Å². The van der Waals surface area contributed by atoms with Crippen molar-refractivity contribution in [2.75, 3.05) is 18.1 Å². The smallest absolute Gasteiger partial charge is 0.154 e. The van der Waals surface area contributed by atoms with Gasteiger partial charge in [-0.15, -0.1) is 0 Å². The molecule has 4 heteroatoms. The van der Waals surface area contributed by atoms with E-state index >= 15 is 0 Å². The Morgan fingerprint density at radius 1 is 1.54 bits per heavy atom. The van der Waals surface area contributed by atoms with E-state index in [2.05, 4.69) is 6.04 Å². The molecule has 3 nitrogen and oxygen atoms in total. The SMILES string of the molecule is C#CN1CCS(=O)(=O)CC1C(C)C. The van der Waals surface area contributed by atoms with Crippen LogP contribution in [0.2, 0.25) is 0 Å². The van der Waals surface area contributed by atoms with Gasteiger partial charge in [0.15, 0.2) is 9.84 Å². The second-order valence-corrected chi connectivity index (χ2v) is 5.98. The maximum absolute atomic E-state index is 11.3. The Labute approximate surface area is 80.0 Å². The predicted molar refractivity (Wildman–Crippen MR) is 52.8 cm³/mol. The quantitative estimate of drug-likeness (QED) is 0.574. The number of nitrogens with zero attached hydrogens (tertiary/aromatic N) is 1. The van der Waals surface area contributed by atoms with Crippen LogP contribution in [0.5, 0.6) is 0 Å². The van der Waals surface area contributed by atoms with E-state index in [0.29, 0.717) is 6.54 Å². The molecule has 74 valence electrons. The first-order valence-electron chi connectivity index (χ1n) is 4.39. The van der Waals surface area contributed by atoms with Gasteiger partial charge in [-0.05, 0) is 5.92 Å². The van der Waals surface area contributed by atoms with Crippen molar-refractivity contribution in [1.29, 1.82) is 0 Å². The summed E-state index contributed by atoms with van der Waals surface area (Å²) >= 11 is 0. The van der Waals surface area contributed by atoms with Gasteiger partial charge in [-0.25, -0.2) is 8.42 Å². The van der Waals surface area contributed by atoms with Gasteiger partial charge in [-0.3, -0.25) is 0 Å². The molecule has 0 saturated carbocycles. The van der Waals surface area contributed by atoms with E-state index in [1.54, 1.807) is 4.90 Å². The number of terminal acetylenes is 1. The molecule has 1 fully saturated rings. The highest BCUT2D eigenvalue weighted by atomic mass is 32.2. The largest absolute Gasteiger partial charge is 0.327 e. The third kappa shape index (κ3) is 2.38. The summed E-state index contributed by atoms with van der Waals surface area (Å²) in [5.74, 6) is 0.682. The Balaban J connectivity index is 2.82. The molecule has 0 radical (unpaired) electrons. The van der Waals surface area contributed by atoms with Gasteiger partial charge in [0.2, 0.25) is 0 Å². The first-order valence-corrected chi connectivity index (χ1v) is 6.22. The molecule has 1 aliphatic rings. The van der Waals surface area contributed by atoms with Gasteiger partial charge < -0.3 is 4.90 Å². The Hall–Kier alpha value is -0.690. The van der Waals surface area contributed by atoms with Gasteiger partial charge >= 0.3 is 0 Å². The molecule has 0 spiro atoms. The van der Waals surface area contributed by atoms with E-state index in [9.17, 15) is 8.42 Å². The van der Waals surface area contributed by atoms with Gasteiger partial charge in [0.05, 0.1) is 17.5 Å². The lowest BCUT2D eigenvalue weighted by Crippen LogP contribution is -2.48. The molecule has 0 amide bonds. The zero-order valence-corrected chi connectivity index (χ0v) is 8.84. The molecule has 13 heavy (non-hydrogen) atoms. The fraction of sp³-hybridized carbons (Fsp3) is 0.778. The lowest BCUT2D eigenvalue weighted by Gasteiger charge is -2.35. The van der Waals surface area contributed by atoms with Crippen LogP contribution >= 0.6 is 0 Å². The van der Waals surface area contributed by atoms with Crippen molar-refractivity contribution in [2.24, 2.45) is 5.92 Å².